The van der Waals surface area contributed by atoms with E-state index >= 15 is 0 Å². The second-order valence-electron chi connectivity index (χ2n) is 5.10. The SMILES string of the molecule is C=CCN1C(=O)/C(=C/c2ccccc2O)SC1=Nc1ccccc1. The van der Waals surface area contributed by atoms with Crippen molar-refractivity contribution in [2.24, 2.45) is 4.99 Å². The summed E-state index contributed by atoms with van der Waals surface area (Å²) >= 11 is 1.29. The molecule has 4 nitrogen and oxygen atoms in total. The number of benzene rings is 2. The number of phenols is 1. The van der Waals surface area contributed by atoms with E-state index in [1.54, 1.807) is 35.3 Å². The van der Waals surface area contributed by atoms with Gasteiger partial charge >= 0.3 is 0 Å². The molecule has 2 aromatic carbocycles. The molecule has 0 unspecified atom stereocenters. The van der Waals surface area contributed by atoms with Gasteiger partial charge in [0.2, 0.25) is 0 Å². The highest BCUT2D eigenvalue weighted by atomic mass is 32.2. The van der Waals surface area contributed by atoms with Crippen LogP contribution in [0.2, 0.25) is 0 Å². The summed E-state index contributed by atoms with van der Waals surface area (Å²) in [6.07, 6.45) is 3.35. The first-order valence-corrected chi connectivity index (χ1v) is 8.25. The number of aromatic hydroxyl groups is 1. The van der Waals surface area contributed by atoms with E-state index in [-0.39, 0.29) is 11.7 Å². The monoisotopic (exact) mass is 336 g/mol. The number of hydrogen-bond acceptors (Lipinski definition) is 4. The second-order valence-corrected chi connectivity index (χ2v) is 6.11. The van der Waals surface area contributed by atoms with Crippen LogP contribution in [-0.2, 0) is 4.79 Å². The summed E-state index contributed by atoms with van der Waals surface area (Å²) in [5, 5.41) is 10.5. The van der Waals surface area contributed by atoms with Crippen molar-refractivity contribution >= 4 is 34.6 Å². The van der Waals surface area contributed by atoms with Gasteiger partial charge in [0.15, 0.2) is 5.17 Å². The van der Waals surface area contributed by atoms with Crippen LogP contribution in [-0.4, -0.2) is 27.6 Å². The normalized spacial score (nSPS) is 17.7. The Morgan fingerprint density at radius 2 is 1.83 bits per heavy atom. The van der Waals surface area contributed by atoms with Gasteiger partial charge in [-0.1, -0.05) is 42.5 Å². The lowest BCUT2D eigenvalue weighted by atomic mass is 10.2. The summed E-state index contributed by atoms with van der Waals surface area (Å²) in [6, 6.07) is 16.4. The fourth-order valence-corrected chi connectivity index (χ4v) is 3.24. The van der Waals surface area contributed by atoms with Crippen molar-refractivity contribution in [3.05, 3.63) is 77.7 Å². The number of phenolic OH excluding ortho intramolecular Hbond substituents is 1. The number of thioether (sulfide) groups is 1. The van der Waals surface area contributed by atoms with Crippen molar-refractivity contribution in [1.29, 1.82) is 0 Å². The number of amidine groups is 1. The Balaban J connectivity index is 1.97. The zero-order valence-corrected chi connectivity index (χ0v) is 13.7. The van der Waals surface area contributed by atoms with Crippen molar-refractivity contribution in [2.75, 3.05) is 6.54 Å². The zero-order chi connectivity index (χ0) is 16.9. The van der Waals surface area contributed by atoms with E-state index in [4.69, 9.17) is 0 Å². The smallest absolute Gasteiger partial charge is 0.267 e. The van der Waals surface area contributed by atoms with Crippen LogP contribution in [0.5, 0.6) is 5.75 Å². The van der Waals surface area contributed by atoms with Gasteiger partial charge in [-0.3, -0.25) is 9.69 Å². The molecule has 24 heavy (non-hydrogen) atoms. The molecule has 1 aliphatic heterocycles. The third-order valence-electron chi connectivity index (χ3n) is 3.40. The Labute approximate surface area is 144 Å². The molecule has 0 saturated carbocycles. The van der Waals surface area contributed by atoms with Gasteiger partial charge in [-0.15, -0.1) is 6.58 Å². The molecule has 0 aromatic heterocycles. The summed E-state index contributed by atoms with van der Waals surface area (Å²) in [4.78, 5) is 19.3. The highest BCUT2D eigenvalue weighted by molar-refractivity contribution is 8.18. The molecule has 120 valence electrons. The van der Waals surface area contributed by atoms with Gasteiger partial charge in [0.1, 0.15) is 5.75 Å². The van der Waals surface area contributed by atoms with Crippen LogP contribution in [0.25, 0.3) is 6.08 Å². The highest BCUT2D eigenvalue weighted by Gasteiger charge is 2.32. The Morgan fingerprint density at radius 1 is 1.12 bits per heavy atom. The maximum absolute atomic E-state index is 12.6. The first-order valence-electron chi connectivity index (χ1n) is 7.43. The molecule has 3 rings (SSSR count). The summed E-state index contributed by atoms with van der Waals surface area (Å²) in [5.41, 5.74) is 1.39. The number of hydrogen-bond donors (Lipinski definition) is 1. The second kappa shape index (κ2) is 7.19. The number of carbonyl (C=O) groups is 1. The van der Waals surface area contributed by atoms with Crippen molar-refractivity contribution in [3.63, 3.8) is 0 Å². The van der Waals surface area contributed by atoms with Crippen LogP contribution in [0, 0.1) is 0 Å². The first kappa shape index (κ1) is 16.1. The molecule has 1 fully saturated rings. The fraction of sp³-hybridized carbons (Fsp3) is 0.0526. The number of carbonyl (C=O) groups excluding carboxylic acids is 1. The van der Waals surface area contributed by atoms with Crippen LogP contribution in [0.1, 0.15) is 5.56 Å². The molecule has 0 radical (unpaired) electrons. The van der Waals surface area contributed by atoms with Crippen molar-refractivity contribution in [1.82, 2.24) is 4.90 Å². The van der Waals surface area contributed by atoms with Gasteiger partial charge < -0.3 is 5.11 Å². The summed E-state index contributed by atoms with van der Waals surface area (Å²) in [5.74, 6) is -0.0000435. The van der Waals surface area contributed by atoms with Gasteiger partial charge in [0.05, 0.1) is 10.6 Å². The number of aliphatic imine (C=N–C) groups is 1. The van der Waals surface area contributed by atoms with E-state index in [1.165, 1.54) is 11.8 Å². The molecule has 0 bridgehead atoms. The molecule has 1 heterocycles. The van der Waals surface area contributed by atoms with Crippen molar-refractivity contribution < 1.29 is 9.90 Å². The molecule has 1 amide bonds. The van der Waals surface area contributed by atoms with Gasteiger partial charge in [-0.05, 0) is 36.0 Å². The largest absolute Gasteiger partial charge is 0.507 e. The predicted molar refractivity (Wildman–Crippen MR) is 99.1 cm³/mol. The minimum atomic E-state index is -0.141. The van der Waals surface area contributed by atoms with Crippen LogP contribution in [0.4, 0.5) is 5.69 Å². The van der Waals surface area contributed by atoms with E-state index in [0.717, 1.165) is 5.69 Å². The van der Waals surface area contributed by atoms with E-state index in [2.05, 4.69) is 11.6 Å². The first-order chi connectivity index (χ1) is 11.7. The summed E-state index contributed by atoms with van der Waals surface area (Å²) in [6.45, 7) is 4.09. The third-order valence-corrected chi connectivity index (χ3v) is 4.41. The van der Waals surface area contributed by atoms with Crippen molar-refractivity contribution in [3.8, 4) is 5.75 Å². The number of rotatable bonds is 4. The van der Waals surface area contributed by atoms with E-state index in [0.29, 0.717) is 22.2 Å². The standard InChI is InChI=1S/C19H16N2O2S/c1-2-12-21-18(23)17(13-14-8-6-7-11-16(14)22)24-19(21)20-15-9-4-3-5-10-15/h2-11,13,22H,1,12H2/b17-13-,20-19?. The van der Waals surface area contributed by atoms with Gasteiger partial charge in [0, 0.05) is 12.1 Å². The fourth-order valence-electron chi connectivity index (χ4n) is 2.25. The minimum Gasteiger partial charge on any atom is -0.507 e. The van der Waals surface area contributed by atoms with E-state index in [1.807, 2.05) is 36.4 Å². The lowest BCUT2D eigenvalue weighted by Crippen LogP contribution is -2.29. The number of para-hydroxylation sites is 2. The van der Waals surface area contributed by atoms with Gasteiger partial charge in [-0.25, -0.2) is 4.99 Å². The quantitative estimate of drug-likeness (QED) is 0.673. The Hall–Kier alpha value is -2.79. The molecule has 0 spiro atoms. The van der Waals surface area contributed by atoms with E-state index < -0.39 is 0 Å². The average Bonchev–Trinajstić information content (AvgIpc) is 2.87. The highest BCUT2D eigenvalue weighted by Crippen LogP contribution is 2.35. The van der Waals surface area contributed by atoms with Crippen LogP contribution < -0.4 is 0 Å². The zero-order valence-electron chi connectivity index (χ0n) is 12.9. The molecule has 1 saturated heterocycles. The lowest BCUT2D eigenvalue weighted by molar-refractivity contribution is -0.121. The molecule has 1 N–H and O–H groups in total. The topological polar surface area (TPSA) is 52.9 Å². The number of nitrogens with zero attached hydrogens (tertiary/aromatic N) is 2. The maximum atomic E-state index is 12.6. The molecule has 1 aliphatic rings. The summed E-state index contributed by atoms with van der Waals surface area (Å²) in [7, 11) is 0. The number of amides is 1. The van der Waals surface area contributed by atoms with Crippen molar-refractivity contribution in [2.45, 2.75) is 0 Å². The van der Waals surface area contributed by atoms with Gasteiger partial charge in [-0.2, -0.15) is 0 Å². The van der Waals surface area contributed by atoms with E-state index in [9.17, 15) is 9.90 Å². The molecular weight excluding hydrogens is 320 g/mol. The minimum absolute atomic E-state index is 0.141. The third kappa shape index (κ3) is 3.41. The lowest BCUT2D eigenvalue weighted by Gasteiger charge is -2.12. The molecule has 0 aliphatic carbocycles. The Morgan fingerprint density at radius 3 is 2.54 bits per heavy atom. The Kier molecular flexibility index (Phi) is 4.82. The molecule has 5 heteroatoms. The Bertz CT molecular complexity index is 828. The predicted octanol–water partition coefficient (Wildman–Crippen LogP) is 4.18. The molecule has 0 atom stereocenters. The van der Waals surface area contributed by atoms with Gasteiger partial charge in [0.25, 0.3) is 5.91 Å². The molecule has 2 aromatic rings. The van der Waals surface area contributed by atoms with Crippen LogP contribution in [0.15, 0.2) is 77.1 Å². The molecular formula is C19H16N2O2S. The maximum Gasteiger partial charge on any atom is 0.267 e. The summed E-state index contributed by atoms with van der Waals surface area (Å²) < 4.78 is 0. The van der Waals surface area contributed by atoms with Crippen LogP contribution in [0.3, 0.4) is 0 Å². The van der Waals surface area contributed by atoms with Crippen LogP contribution >= 0.6 is 11.8 Å². The average molecular weight is 336 g/mol.